The molecule has 0 radical (unpaired) electrons. The highest BCUT2D eigenvalue weighted by molar-refractivity contribution is 6.28. The average Bonchev–Trinajstić information content (AvgIpc) is 1.71. The Bertz CT molecular complexity index is 9870. The zero-order valence-corrected chi connectivity index (χ0v) is 77.2. The van der Waals surface area contributed by atoms with Crippen molar-refractivity contribution in [2.75, 3.05) is 0 Å². The Morgan fingerprint density at radius 3 is 0.610 bits per heavy atom. The Balaban J connectivity index is 0.000000106. The topological polar surface area (TPSA) is 14.8 Å². The Labute approximate surface area is 816 Å². The van der Waals surface area contributed by atoms with Crippen molar-refractivity contribution in [2.45, 2.75) is 0 Å². The molecule has 0 atom stereocenters. The summed E-state index contributed by atoms with van der Waals surface area (Å²) in [6.45, 7) is 0. The highest BCUT2D eigenvalue weighted by Crippen LogP contribution is 2.51. The van der Waals surface area contributed by atoms with Crippen LogP contribution in [-0.4, -0.2) is 13.7 Å². The number of aromatic nitrogens is 3. The first-order valence-corrected chi connectivity index (χ1v) is 48.8. The maximum absolute atomic E-state index is 2.46. The quantitative estimate of drug-likeness (QED) is 0.0906. The molecule has 0 spiro atoms. The van der Waals surface area contributed by atoms with Crippen LogP contribution in [0.1, 0.15) is 0 Å². The van der Waals surface area contributed by atoms with E-state index < -0.39 is 0 Å². The Kier molecular flexibility index (Phi) is 20.0. The molecule has 3 aromatic heterocycles. The molecule has 0 aliphatic heterocycles. The number of hydrogen-bond acceptors (Lipinski definition) is 0. The molecule has 3 heteroatoms. The van der Waals surface area contributed by atoms with Gasteiger partial charge in [-0.15, -0.1) is 0 Å². The molecule has 0 aliphatic carbocycles. The fourth-order valence-electron chi connectivity index (χ4n) is 23.2. The maximum atomic E-state index is 2.46. The third kappa shape index (κ3) is 13.7. The van der Waals surface area contributed by atoms with Gasteiger partial charge in [-0.05, 0) is 249 Å². The van der Waals surface area contributed by atoms with Crippen LogP contribution in [0.15, 0.2) is 540 Å². The first-order valence-electron chi connectivity index (χ1n) is 48.8. The van der Waals surface area contributed by atoms with Gasteiger partial charge in [0.15, 0.2) is 0 Å². The highest BCUT2D eigenvalue weighted by Gasteiger charge is 2.26. The minimum Gasteiger partial charge on any atom is -0.309 e. The van der Waals surface area contributed by atoms with Crippen molar-refractivity contribution in [1.82, 2.24) is 13.7 Å². The summed E-state index contributed by atoms with van der Waals surface area (Å²) in [6.07, 6.45) is 0. The Morgan fingerprint density at radius 1 is 0.106 bits per heavy atom. The van der Waals surface area contributed by atoms with E-state index in [9.17, 15) is 0 Å². The molecule has 0 fully saturated rings. The van der Waals surface area contributed by atoms with Crippen LogP contribution in [-0.2, 0) is 0 Å². The number of nitrogens with zero attached hydrogens (tertiary/aromatic N) is 3. The van der Waals surface area contributed by atoms with E-state index in [0.29, 0.717) is 0 Å². The molecule has 0 amide bonds. The fourth-order valence-corrected chi connectivity index (χ4v) is 23.2. The second-order valence-corrected chi connectivity index (χ2v) is 37.0. The lowest BCUT2D eigenvalue weighted by Crippen LogP contribution is -1.95. The van der Waals surface area contributed by atoms with Crippen molar-refractivity contribution >= 4 is 162 Å². The summed E-state index contributed by atoms with van der Waals surface area (Å²) >= 11 is 0. The van der Waals surface area contributed by atoms with Gasteiger partial charge in [-0.3, -0.25) is 0 Å². The van der Waals surface area contributed by atoms with Crippen molar-refractivity contribution in [3.8, 4) is 106 Å². The maximum Gasteiger partial charge on any atom is 0.0619 e. The van der Waals surface area contributed by atoms with Crippen molar-refractivity contribution in [3.63, 3.8) is 0 Å². The van der Waals surface area contributed by atoms with E-state index in [1.807, 2.05) is 0 Å². The van der Waals surface area contributed by atoms with Crippen LogP contribution >= 0.6 is 0 Å². The van der Waals surface area contributed by atoms with Crippen molar-refractivity contribution in [2.24, 2.45) is 0 Å². The number of para-hydroxylation sites is 5. The van der Waals surface area contributed by atoms with Gasteiger partial charge >= 0.3 is 0 Å². The molecule has 656 valence electrons. The molecule has 0 unspecified atom stereocenters. The predicted molar refractivity (Wildman–Crippen MR) is 603 cm³/mol. The molecular weight excluding hydrogens is 1700 g/mol. The van der Waals surface area contributed by atoms with Gasteiger partial charge in [-0.1, -0.05) is 461 Å². The van der Waals surface area contributed by atoms with Crippen molar-refractivity contribution < 1.29 is 0 Å². The van der Waals surface area contributed by atoms with Crippen LogP contribution in [0.3, 0.4) is 0 Å². The zero-order valence-electron chi connectivity index (χ0n) is 77.2. The third-order valence-electron chi connectivity index (χ3n) is 29.3. The third-order valence-corrected chi connectivity index (χ3v) is 29.3. The lowest BCUT2D eigenvalue weighted by molar-refractivity contribution is 1.19. The monoisotopic (exact) mass is 1790 g/mol. The molecule has 141 heavy (non-hydrogen) atoms. The number of fused-ring (bicyclic) bond motifs is 22. The Hall–Kier alpha value is -18.5. The van der Waals surface area contributed by atoms with Gasteiger partial charge < -0.3 is 13.7 Å². The van der Waals surface area contributed by atoms with E-state index in [0.717, 1.165) is 5.69 Å². The molecule has 3 nitrogen and oxygen atoms in total. The number of rotatable bonds is 11. The minimum absolute atomic E-state index is 1.15. The van der Waals surface area contributed by atoms with Gasteiger partial charge in [-0.2, -0.15) is 0 Å². The van der Waals surface area contributed by atoms with Crippen LogP contribution in [0.5, 0.6) is 0 Å². The van der Waals surface area contributed by atoms with Gasteiger partial charge in [0.1, 0.15) is 0 Å². The van der Waals surface area contributed by atoms with Gasteiger partial charge in [0.05, 0.1) is 33.1 Å². The molecular formula is C138H89N3. The molecule has 0 bridgehead atoms. The van der Waals surface area contributed by atoms with Crippen molar-refractivity contribution in [1.29, 1.82) is 0 Å². The van der Waals surface area contributed by atoms with Crippen LogP contribution in [0.2, 0.25) is 0 Å². The van der Waals surface area contributed by atoms with Gasteiger partial charge in [0, 0.05) is 65.5 Å². The summed E-state index contributed by atoms with van der Waals surface area (Å²) in [4.78, 5) is 0. The lowest BCUT2D eigenvalue weighted by Gasteiger charge is -2.18. The highest BCUT2D eigenvalue weighted by atomic mass is 15.0. The molecule has 29 rings (SSSR count). The SMILES string of the molecule is c1ccc(-c2c3ccccc3c(-c3ccc(-c4cc5c6ccccc6n(-c6ccccc6)c5c5ccccc45)cc3)c3ccccc23)cc1.c1ccc(-c2c3ccccc3c(-c3ccc(-n4c5ccccc5c5cc(-c6ccccc6)c6ccccc6c54)cc3)c3ccccc23)cc1.c1ccc(-n2c3ccccc3c3cc(-c4ccc(-c5cc6ccccc6c6ccccc56)cc4)c4ccccc4c32)cc1. The average molecular weight is 1790 g/mol. The predicted octanol–water partition coefficient (Wildman–Crippen LogP) is 38.1. The summed E-state index contributed by atoms with van der Waals surface area (Å²) in [5.74, 6) is 0. The van der Waals surface area contributed by atoms with Gasteiger partial charge in [0.2, 0.25) is 0 Å². The second-order valence-electron chi connectivity index (χ2n) is 37.0. The summed E-state index contributed by atoms with van der Waals surface area (Å²) in [7, 11) is 0. The summed E-state index contributed by atoms with van der Waals surface area (Å²) in [5, 5.41) is 30.5. The minimum atomic E-state index is 1.15. The summed E-state index contributed by atoms with van der Waals surface area (Å²) in [6, 6.07) is 197. The van der Waals surface area contributed by atoms with E-state index in [1.54, 1.807) is 0 Å². The van der Waals surface area contributed by atoms with Crippen LogP contribution in [0, 0.1) is 0 Å². The fraction of sp³-hybridized carbons (Fsp3) is 0. The lowest BCUT2D eigenvalue weighted by atomic mass is 9.85. The van der Waals surface area contributed by atoms with Crippen LogP contribution < -0.4 is 0 Å². The summed E-state index contributed by atoms with van der Waals surface area (Å²) in [5.41, 5.74) is 30.9. The smallest absolute Gasteiger partial charge is 0.0619 e. The standard InChI is InChI=1S/2C48H31N.C42H27N/c1-3-15-33(16-4-1)46-38-21-8-10-23-40(38)47(41-24-11-9-22-39(41)46)34-29-27-32(28-30-34)43-31-44-37-20-13-14-26-45(37)49(35-17-5-2-6-18-35)48(44)42-25-12-7-19-36(42)43;1-3-15-32(16-4-1)43-31-44-37-20-13-14-26-45(37)49(48(44)42-25-12-7-19-36(42)43)35-29-27-34(28-30-35)47-40-23-10-8-21-38(40)46(33-17-5-2-6-18-33)39-22-9-11-24-41(39)47;1-2-13-31(14-3-1)43-41-21-11-10-19-36(41)40-27-39(35-18-8-9-20-37(35)42(40)43)29-24-22-28(23-25-29)38-26-30-12-4-5-15-32(30)33-16-6-7-17-34(33)38/h2*1-31H;1-27H. The molecule has 29 aromatic rings. The second kappa shape index (κ2) is 34.4. The van der Waals surface area contributed by atoms with E-state index in [1.165, 1.54) is 263 Å². The molecule has 26 aromatic carbocycles. The molecule has 0 N–H and O–H groups in total. The summed E-state index contributed by atoms with van der Waals surface area (Å²) < 4.78 is 7.31. The Morgan fingerprint density at radius 2 is 0.298 bits per heavy atom. The van der Waals surface area contributed by atoms with Gasteiger partial charge in [0.25, 0.3) is 0 Å². The largest absolute Gasteiger partial charge is 0.309 e. The van der Waals surface area contributed by atoms with E-state index in [2.05, 4.69) is 554 Å². The molecule has 0 aliphatic rings. The van der Waals surface area contributed by atoms with Crippen LogP contribution in [0.4, 0.5) is 0 Å². The molecule has 0 saturated carbocycles. The van der Waals surface area contributed by atoms with E-state index in [-0.39, 0.29) is 0 Å². The zero-order chi connectivity index (χ0) is 93.0. The van der Waals surface area contributed by atoms with E-state index in [4.69, 9.17) is 0 Å². The molecule has 3 heterocycles. The van der Waals surface area contributed by atoms with Crippen molar-refractivity contribution in [3.05, 3.63) is 540 Å². The van der Waals surface area contributed by atoms with E-state index >= 15 is 0 Å². The number of hydrogen-bond donors (Lipinski definition) is 0. The normalized spacial score (nSPS) is 11.7. The van der Waals surface area contributed by atoms with Gasteiger partial charge in [-0.25, -0.2) is 0 Å². The first kappa shape index (κ1) is 82.0. The first-order chi connectivity index (χ1) is 70.0. The van der Waals surface area contributed by atoms with Crippen LogP contribution in [0.25, 0.3) is 268 Å². The molecule has 0 saturated heterocycles. The number of benzene rings is 26.